The van der Waals surface area contributed by atoms with Crippen molar-refractivity contribution in [2.45, 2.75) is 5.75 Å². The Hall–Kier alpha value is 0.110. The first-order valence-electron chi connectivity index (χ1n) is 3.87. The van der Waals surface area contributed by atoms with Crippen LogP contribution in [0.25, 0.3) is 0 Å². The van der Waals surface area contributed by atoms with Gasteiger partial charge >= 0.3 is 0 Å². The molecular formula is C9H10Cl2OS. The molecule has 0 bridgehead atoms. The van der Waals surface area contributed by atoms with Gasteiger partial charge in [0, 0.05) is 11.5 Å². The Morgan fingerprint density at radius 2 is 2.08 bits per heavy atom. The minimum atomic E-state index is 0.197. The summed E-state index contributed by atoms with van der Waals surface area (Å²) in [5, 5.41) is 9.80. The first-order chi connectivity index (χ1) is 6.25. The van der Waals surface area contributed by atoms with Gasteiger partial charge in [0.2, 0.25) is 0 Å². The summed E-state index contributed by atoms with van der Waals surface area (Å²) in [7, 11) is 0. The van der Waals surface area contributed by atoms with Gasteiger partial charge in [-0.05, 0) is 11.6 Å². The minimum absolute atomic E-state index is 0.197. The number of thioether (sulfide) groups is 1. The van der Waals surface area contributed by atoms with E-state index in [1.165, 1.54) is 0 Å². The second-order valence-corrected chi connectivity index (χ2v) is 4.38. The molecule has 0 atom stereocenters. The molecule has 1 aromatic rings. The van der Waals surface area contributed by atoms with Crippen molar-refractivity contribution in [1.29, 1.82) is 0 Å². The molecule has 0 amide bonds. The number of benzene rings is 1. The molecule has 0 radical (unpaired) electrons. The fraction of sp³-hybridized carbons (Fsp3) is 0.333. The van der Waals surface area contributed by atoms with Gasteiger partial charge in [-0.3, -0.25) is 0 Å². The Morgan fingerprint density at radius 3 is 2.77 bits per heavy atom. The predicted molar refractivity (Wildman–Crippen MR) is 59.7 cm³/mol. The molecule has 72 valence electrons. The van der Waals surface area contributed by atoms with Crippen molar-refractivity contribution < 1.29 is 5.11 Å². The summed E-state index contributed by atoms with van der Waals surface area (Å²) >= 11 is 13.4. The number of aliphatic hydroxyl groups is 1. The predicted octanol–water partition coefficient (Wildman–Crippen LogP) is 3.22. The van der Waals surface area contributed by atoms with Gasteiger partial charge in [0.05, 0.1) is 16.7 Å². The van der Waals surface area contributed by atoms with Crippen LogP contribution in [0.5, 0.6) is 0 Å². The van der Waals surface area contributed by atoms with Crippen molar-refractivity contribution in [2.75, 3.05) is 12.4 Å². The highest BCUT2D eigenvalue weighted by Gasteiger charge is 2.03. The van der Waals surface area contributed by atoms with Crippen LogP contribution in [0.1, 0.15) is 5.56 Å². The third-order valence-corrected chi connectivity index (χ3v) is 3.37. The maximum absolute atomic E-state index is 8.59. The molecule has 1 rings (SSSR count). The van der Waals surface area contributed by atoms with Crippen LogP contribution < -0.4 is 0 Å². The van der Waals surface area contributed by atoms with E-state index >= 15 is 0 Å². The van der Waals surface area contributed by atoms with Gasteiger partial charge in [0.25, 0.3) is 0 Å². The van der Waals surface area contributed by atoms with E-state index in [9.17, 15) is 0 Å². The average Bonchev–Trinajstić information content (AvgIpc) is 2.13. The summed E-state index contributed by atoms with van der Waals surface area (Å²) in [5.41, 5.74) is 1.02. The van der Waals surface area contributed by atoms with Crippen molar-refractivity contribution in [1.82, 2.24) is 0 Å². The molecule has 0 saturated carbocycles. The topological polar surface area (TPSA) is 20.2 Å². The molecule has 0 saturated heterocycles. The zero-order chi connectivity index (χ0) is 9.68. The van der Waals surface area contributed by atoms with E-state index < -0.39 is 0 Å². The van der Waals surface area contributed by atoms with Crippen LogP contribution in [0.4, 0.5) is 0 Å². The van der Waals surface area contributed by atoms with Crippen molar-refractivity contribution in [2.24, 2.45) is 0 Å². The standard InChI is InChI=1S/C9H10Cl2OS/c10-8-3-1-2-7(9(8)11)6-13-5-4-12/h1-3,12H,4-6H2. The second kappa shape index (κ2) is 5.76. The van der Waals surface area contributed by atoms with Crippen LogP contribution in [0.3, 0.4) is 0 Å². The van der Waals surface area contributed by atoms with Crippen molar-refractivity contribution >= 4 is 35.0 Å². The summed E-state index contributed by atoms with van der Waals surface area (Å²) in [6, 6.07) is 5.59. The Morgan fingerprint density at radius 1 is 1.31 bits per heavy atom. The molecule has 0 aliphatic carbocycles. The van der Waals surface area contributed by atoms with Gasteiger partial charge in [0.15, 0.2) is 0 Å². The monoisotopic (exact) mass is 236 g/mol. The summed E-state index contributed by atoms with van der Waals surface area (Å²) in [5.74, 6) is 1.52. The fourth-order valence-electron chi connectivity index (χ4n) is 0.907. The molecule has 0 aliphatic rings. The molecule has 0 unspecified atom stereocenters. The molecule has 1 nitrogen and oxygen atoms in total. The number of hydrogen-bond acceptors (Lipinski definition) is 2. The second-order valence-electron chi connectivity index (χ2n) is 2.49. The van der Waals surface area contributed by atoms with Crippen LogP contribution in [0.15, 0.2) is 18.2 Å². The Bertz CT molecular complexity index is 278. The molecule has 1 aromatic carbocycles. The van der Waals surface area contributed by atoms with E-state index in [4.69, 9.17) is 28.3 Å². The minimum Gasteiger partial charge on any atom is -0.396 e. The molecule has 0 spiro atoms. The maximum Gasteiger partial charge on any atom is 0.0632 e. The van der Waals surface area contributed by atoms with Crippen molar-refractivity contribution in [3.05, 3.63) is 33.8 Å². The summed E-state index contributed by atoms with van der Waals surface area (Å²) in [6.07, 6.45) is 0. The largest absolute Gasteiger partial charge is 0.396 e. The zero-order valence-electron chi connectivity index (χ0n) is 6.96. The number of hydrogen-bond donors (Lipinski definition) is 1. The normalized spacial score (nSPS) is 10.4. The zero-order valence-corrected chi connectivity index (χ0v) is 9.29. The Balaban J connectivity index is 2.61. The molecule has 13 heavy (non-hydrogen) atoms. The Labute approximate surface area is 92.1 Å². The highest BCUT2D eigenvalue weighted by atomic mass is 35.5. The quantitative estimate of drug-likeness (QED) is 0.811. The van der Waals surface area contributed by atoms with Gasteiger partial charge in [0.1, 0.15) is 0 Å². The number of rotatable bonds is 4. The fourth-order valence-corrected chi connectivity index (χ4v) is 2.11. The van der Waals surface area contributed by atoms with Gasteiger partial charge in [-0.1, -0.05) is 35.3 Å². The van der Waals surface area contributed by atoms with E-state index in [0.29, 0.717) is 10.0 Å². The third-order valence-electron chi connectivity index (χ3n) is 1.52. The van der Waals surface area contributed by atoms with Crippen LogP contribution in [0, 0.1) is 0 Å². The molecule has 0 aromatic heterocycles. The van der Waals surface area contributed by atoms with E-state index in [0.717, 1.165) is 17.1 Å². The lowest BCUT2D eigenvalue weighted by molar-refractivity contribution is 0.322. The first-order valence-corrected chi connectivity index (χ1v) is 5.78. The van der Waals surface area contributed by atoms with Crippen molar-refractivity contribution in [3.8, 4) is 0 Å². The first kappa shape index (κ1) is 11.2. The molecule has 0 fully saturated rings. The van der Waals surface area contributed by atoms with Gasteiger partial charge in [-0.2, -0.15) is 11.8 Å². The molecular weight excluding hydrogens is 227 g/mol. The average molecular weight is 237 g/mol. The third kappa shape index (κ3) is 3.39. The van der Waals surface area contributed by atoms with Crippen molar-refractivity contribution in [3.63, 3.8) is 0 Å². The van der Waals surface area contributed by atoms with Crippen LogP contribution >= 0.6 is 35.0 Å². The molecule has 1 N–H and O–H groups in total. The smallest absolute Gasteiger partial charge is 0.0632 e. The van der Waals surface area contributed by atoms with Gasteiger partial charge in [-0.25, -0.2) is 0 Å². The molecule has 0 aliphatic heterocycles. The lowest BCUT2D eigenvalue weighted by Gasteiger charge is -2.04. The summed E-state index contributed by atoms with van der Waals surface area (Å²) < 4.78 is 0. The SMILES string of the molecule is OCCSCc1cccc(Cl)c1Cl. The molecule has 0 heterocycles. The summed E-state index contributed by atoms with van der Waals surface area (Å²) in [6.45, 7) is 0.197. The Kier molecular flexibility index (Phi) is 4.96. The highest BCUT2D eigenvalue weighted by molar-refractivity contribution is 7.98. The van der Waals surface area contributed by atoms with Crippen LogP contribution in [-0.4, -0.2) is 17.5 Å². The summed E-state index contributed by atoms with van der Waals surface area (Å²) in [4.78, 5) is 0. The number of aliphatic hydroxyl groups excluding tert-OH is 1. The number of halogens is 2. The van der Waals surface area contributed by atoms with Gasteiger partial charge in [-0.15, -0.1) is 0 Å². The highest BCUT2D eigenvalue weighted by Crippen LogP contribution is 2.28. The van der Waals surface area contributed by atoms with E-state index in [2.05, 4.69) is 0 Å². The maximum atomic E-state index is 8.59. The van der Waals surface area contributed by atoms with E-state index in [-0.39, 0.29) is 6.61 Å². The lowest BCUT2D eigenvalue weighted by atomic mass is 10.2. The van der Waals surface area contributed by atoms with E-state index in [1.807, 2.05) is 12.1 Å². The lowest BCUT2D eigenvalue weighted by Crippen LogP contribution is -1.88. The van der Waals surface area contributed by atoms with Crippen LogP contribution in [-0.2, 0) is 5.75 Å². The molecule has 4 heteroatoms. The van der Waals surface area contributed by atoms with Gasteiger partial charge < -0.3 is 5.11 Å². The van der Waals surface area contributed by atoms with Crippen LogP contribution in [0.2, 0.25) is 10.0 Å². The van der Waals surface area contributed by atoms with E-state index in [1.54, 1.807) is 17.8 Å².